The number of amides is 2. The molecule has 1 heterocycles. The summed E-state index contributed by atoms with van der Waals surface area (Å²) in [4.78, 5) is 27.4. The highest BCUT2D eigenvalue weighted by atomic mass is 28.3. The Morgan fingerprint density at radius 2 is 1.65 bits per heavy atom. The van der Waals surface area contributed by atoms with Gasteiger partial charge in [-0.1, -0.05) is 57.1 Å². The topological polar surface area (TPSA) is 37.4 Å². The van der Waals surface area contributed by atoms with E-state index in [1.54, 1.807) is 4.90 Å². The fraction of sp³-hybridized carbons (Fsp3) is 0.579. The van der Waals surface area contributed by atoms with Crippen LogP contribution in [-0.2, 0) is 4.79 Å². The third-order valence-electron chi connectivity index (χ3n) is 6.26. The van der Waals surface area contributed by atoms with Crippen LogP contribution >= 0.6 is 0 Å². The maximum atomic E-state index is 13.0. The third-order valence-corrected chi connectivity index (χ3v) is 12.4. The van der Waals surface area contributed by atoms with E-state index in [1.165, 1.54) is 12.8 Å². The molecule has 1 saturated carbocycles. The normalized spacial score (nSPS) is 24.5. The molecule has 1 saturated heterocycles. The van der Waals surface area contributed by atoms with E-state index in [-0.39, 0.29) is 23.4 Å². The van der Waals surface area contributed by atoms with Crippen LogP contribution in [0.2, 0.25) is 23.7 Å². The highest BCUT2D eigenvalue weighted by molar-refractivity contribution is 6.84. The van der Waals surface area contributed by atoms with E-state index in [1.807, 2.05) is 30.3 Å². The minimum atomic E-state index is -1.61. The van der Waals surface area contributed by atoms with Crippen molar-refractivity contribution in [1.29, 1.82) is 0 Å². The Morgan fingerprint density at radius 1 is 1.09 bits per heavy atom. The second-order valence-corrected chi connectivity index (χ2v) is 12.6. The smallest absolute Gasteiger partial charge is 0.260 e. The fourth-order valence-electron chi connectivity index (χ4n) is 4.42. The summed E-state index contributed by atoms with van der Waals surface area (Å²) in [5.74, 6) is 0.588. The number of imide groups is 1. The molecule has 0 aromatic heterocycles. The van der Waals surface area contributed by atoms with Crippen LogP contribution in [0.25, 0.3) is 0 Å². The first-order valence-corrected chi connectivity index (χ1v) is 11.7. The average Bonchev–Trinajstić information content (AvgIpc) is 3.42. The van der Waals surface area contributed by atoms with Gasteiger partial charge < -0.3 is 0 Å². The minimum absolute atomic E-state index is 0.0880. The van der Waals surface area contributed by atoms with Gasteiger partial charge in [-0.25, -0.2) is 0 Å². The standard InChI is InChI=1S/C19H27NO2Si/c1-4-23(5-2,6-3)17-16(14-12-13-14)20(19(17)22)18(21)15-10-8-7-9-11-15/h7-11,14,16-17H,4-6,12-13H2,1-3H3. The summed E-state index contributed by atoms with van der Waals surface area (Å²) in [6.45, 7) is 6.74. The lowest BCUT2D eigenvalue weighted by molar-refractivity contribution is -0.142. The number of β-lactam (4-membered cyclic amide) rings is 1. The average molecular weight is 330 g/mol. The van der Waals surface area contributed by atoms with E-state index in [9.17, 15) is 9.59 Å². The van der Waals surface area contributed by atoms with Gasteiger partial charge in [0.25, 0.3) is 5.91 Å². The first-order valence-electron chi connectivity index (χ1n) is 9.02. The Labute approximate surface area is 140 Å². The van der Waals surface area contributed by atoms with Gasteiger partial charge in [0.1, 0.15) is 0 Å². The van der Waals surface area contributed by atoms with Gasteiger partial charge in [0, 0.05) is 5.56 Å². The van der Waals surface area contributed by atoms with Crippen LogP contribution in [0.15, 0.2) is 30.3 Å². The number of hydrogen-bond donors (Lipinski definition) is 0. The van der Waals surface area contributed by atoms with Crippen molar-refractivity contribution in [3.05, 3.63) is 35.9 Å². The molecule has 2 amide bonds. The molecule has 124 valence electrons. The van der Waals surface area contributed by atoms with Gasteiger partial charge in [0.05, 0.1) is 19.7 Å². The lowest BCUT2D eigenvalue weighted by Gasteiger charge is -2.53. The molecular weight excluding hydrogens is 302 g/mol. The molecule has 0 bridgehead atoms. The van der Waals surface area contributed by atoms with Crippen molar-refractivity contribution in [2.24, 2.45) is 5.92 Å². The number of likely N-dealkylation sites (tertiary alicyclic amines) is 1. The molecule has 1 aliphatic carbocycles. The van der Waals surface area contributed by atoms with Crippen LogP contribution in [0.5, 0.6) is 0 Å². The molecule has 1 aromatic rings. The molecule has 3 nitrogen and oxygen atoms in total. The summed E-state index contributed by atoms with van der Waals surface area (Å²) in [5, 5.41) is 0. The lowest BCUT2D eigenvalue weighted by Crippen LogP contribution is -2.68. The lowest BCUT2D eigenvalue weighted by atomic mass is 9.94. The van der Waals surface area contributed by atoms with Crippen molar-refractivity contribution in [3.8, 4) is 0 Å². The first kappa shape index (κ1) is 16.4. The van der Waals surface area contributed by atoms with Crippen LogP contribution in [0, 0.1) is 5.92 Å². The fourth-order valence-corrected chi connectivity index (χ4v) is 9.05. The number of rotatable bonds is 6. The van der Waals surface area contributed by atoms with Crippen molar-refractivity contribution in [2.45, 2.75) is 63.3 Å². The number of nitrogens with zero attached hydrogens (tertiary/aromatic N) is 1. The van der Waals surface area contributed by atoms with Crippen molar-refractivity contribution < 1.29 is 9.59 Å². The molecular formula is C19H27NO2Si. The van der Waals surface area contributed by atoms with Crippen LogP contribution in [-0.4, -0.2) is 30.8 Å². The molecule has 2 fully saturated rings. The molecule has 3 rings (SSSR count). The molecule has 0 N–H and O–H groups in total. The van der Waals surface area contributed by atoms with E-state index in [4.69, 9.17) is 0 Å². The zero-order valence-electron chi connectivity index (χ0n) is 14.4. The molecule has 1 aromatic carbocycles. The van der Waals surface area contributed by atoms with Gasteiger partial charge in [-0.15, -0.1) is 0 Å². The molecule has 2 aliphatic rings. The van der Waals surface area contributed by atoms with E-state index >= 15 is 0 Å². The van der Waals surface area contributed by atoms with E-state index in [0.717, 1.165) is 18.1 Å². The predicted octanol–water partition coefficient (Wildman–Crippen LogP) is 4.33. The van der Waals surface area contributed by atoms with Gasteiger partial charge in [-0.05, 0) is 30.9 Å². The number of carbonyl (C=O) groups excluding carboxylic acids is 2. The van der Waals surface area contributed by atoms with Crippen LogP contribution in [0.1, 0.15) is 44.0 Å². The summed E-state index contributed by atoms with van der Waals surface area (Å²) in [7, 11) is -1.61. The highest BCUT2D eigenvalue weighted by Gasteiger charge is 2.62. The number of carbonyl (C=O) groups is 2. The summed E-state index contributed by atoms with van der Waals surface area (Å²) >= 11 is 0. The van der Waals surface area contributed by atoms with E-state index in [2.05, 4.69) is 20.8 Å². The Balaban J connectivity index is 1.89. The zero-order chi connectivity index (χ0) is 16.6. The Bertz CT molecular complexity index is 584. The van der Waals surface area contributed by atoms with Crippen molar-refractivity contribution in [1.82, 2.24) is 4.90 Å². The number of hydrogen-bond acceptors (Lipinski definition) is 2. The van der Waals surface area contributed by atoms with Crippen LogP contribution in [0.3, 0.4) is 0 Å². The van der Waals surface area contributed by atoms with E-state index < -0.39 is 8.07 Å². The molecule has 2 unspecified atom stereocenters. The Kier molecular flexibility index (Phi) is 4.45. The van der Waals surface area contributed by atoms with Crippen molar-refractivity contribution >= 4 is 19.9 Å². The quantitative estimate of drug-likeness (QED) is 0.442. The first-order chi connectivity index (χ1) is 11.1. The Hall–Kier alpha value is -1.42. The predicted molar refractivity (Wildman–Crippen MR) is 95.1 cm³/mol. The van der Waals surface area contributed by atoms with Crippen molar-refractivity contribution in [2.75, 3.05) is 0 Å². The second-order valence-electron chi connectivity index (χ2n) is 7.11. The van der Waals surface area contributed by atoms with Gasteiger partial charge in [0.2, 0.25) is 5.91 Å². The number of benzene rings is 1. The molecule has 0 radical (unpaired) electrons. The summed E-state index contributed by atoms with van der Waals surface area (Å²) in [5.41, 5.74) is 0.810. The zero-order valence-corrected chi connectivity index (χ0v) is 15.4. The van der Waals surface area contributed by atoms with Crippen LogP contribution < -0.4 is 0 Å². The molecule has 23 heavy (non-hydrogen) atoms. The molecule has 2 atom stereocenters. The Morgan fingerprint density at radius 3 is 2.13 bits per heavy atom. The van der Waals surface area contributed by atoms with Gasteiger partial charge in [-0.2, -0.15) is 0 Å². The molecule has 1 aliphatic heterocycles. The SMILES string of the molecule is CC[Si](CC)(CC)C1C(=O)N(C(=O)c2ccccc2)C1C1CC1. The van der Waals surface area contributed by atoms with E-state index in [0.29, 0.717) is 11.5 Å². The minimum Gasteiger partial charge on any atom is -0.275 e. The van der Waals surface area contributed by atoms with Gasteiger partial charge in [0.15, 0.2) is 0 Å². The monoisotopic (exact) mass is 329 g/mol. The van der Waals surface area contributed by atoms with Gasteiger partial charge in [-0.3, -0.25) is 14.5 Å². The summed E-state index contributed by atoms with van der Waals surface area (Å²) in [6.07, 6.45) is 2.35. The second kappa shape index (κ2) is 6.23. The largest absolute Gasteiger partial charge is 0.275 e. The molecule has 4 heteroatoms. The maximum absolute atomic E-state index is 13.0. The maximum Gasteiger partial charge on any atom is 0.260 e. The summed E-state index contributed by atoms with van der Waals surface area (Å²) < 4.78 is 0. The highest BCUT2D eigenvalue weighted by Crippen LogP contribution is 2.54. The third kappa shape index (κ3) is 2.57. The van der Waals surface area contributed by atoms with Crippen molar-refractivity contribution in [3.63, 3.8) is 0 Å². The molecule has 0 spiro atoms. The summed E-state index contributed by atoms with van der Waals surface area (Å²) in [6, 6.07) is 12.9. The van der Waals surface area contributed by atoms with Gasteiger partial charge >= 0.3 is 0 Å². The van der Waals surface area contributed by atoms with Crippen LogP contribution in [0.4, 0.5) is 0 Å².